The third-order valence-corrected chi connectivity index (χ3v) is 3.96. The van der Waals surface area contributed by atoms with Crippen molar-refractivity contribution in [3.8, 4) is 0 Å². The number of allylic oxidation sites excluding steroid dienone is 1. The van der Waals surface area contributed by atoms with Crippen LogP contribution in [0.1, 0.15) is 44.9 Å². The summed E-state index contributed by atoms with van der Waals surface area (Å²) in [4.78, 5) is 0. The number of aliphatic hydroxyl groups is 1. The van der Waals surface area contributed by atoms with Crippen LogP contribution in [0.4, 0.5) is 0 Å². The molecule has 0 spiro atoms. The van der Waals surface area contributed by atoms with Crippen molar-refractivity contribution in [3.05, 3.63) is 12.3 Å². The Labute approximate surface area is 151 Å². The maximum absolute atomic E-state index is 8.04. The molecule has 0 bridgehead atoms. The lowest BCUT2D eigenvalue weighted by molar-refractivity contribution is -0.161. The molecular formula is C16H30Br2O4. The summed E-state index contributed by atoms with van der Waals surface area (Å²) < 4.78 is 15.7. The van der Waals surface area contributed by atoms with E-state index < -0.39 is 0 Å². The van der Waals surface area contributed by atoms with Gasteiger partial charge in [-0.25, -0.2) is 0 Å². The average molecular weight is 446 g/mol. The fourth-order valence-electron chi connectivity index (χ4n) is 1.66. The highest BCUT2D eigenvalue weighted by Crippen LogP contribution is 2.13. The molecule has 1 N–H and O–H groups in total. The van der Waals surface area contributed by atoms with Crippen LogP contribution in [0.3, 0.4) is 0 Å². The Hall–Kier alpha value is 0.380. The molecule has 0 aromatic rings. The summed E-state index contributed by atoms with van der Waals surface area (Å²) in [6.45, 7) is 2.90. The van der Waals surface area contributed by atoms with Gasteiger partial charge in [0.25, 0.3) is 0 Å². The van der Waals surface area contributed by atoms with Gasteiger partial charge in [0.05, 0.1) is 19.5 Å². The summed E-state index contributed by atoms with van der Waals surface area (Å²) in [5, 5.41) is 9.96. The van der Waals surface area contributed by atoms with Crippen molar-refractivity contribution in [2.45, 2.75) is 51.2 Å². The van der Waals surface area contributed by atoms with Crippen LogP contribution in [-0.4, -0.2) is 48.5 Å². The molecule has 0 amide bonds. The molecule has 1 saturated heterocycles. The molecule has 6 heteroatoms. The zero-order valence-corrected chi connectivity index (χ0v) is 16.5. The van der Waals surface area contributed by atoms with E-state index in [0.29, 0.717) is 6.61 Å². The third-order valence-electron chi connectivity index (χ3n) is 2.84. The number of alkyl halides is 2. The summed E-state index contributed by atoms with van der Waals surface area (Å²) in [7, 11) is 0. The summed E-state index contributed by atoms with van der Waals surface area (Å²) in [6, 6.07) is 0. The highest BCUT2D eigenvalue weighted by Gasteiger charge is 2.12. The first-order valence-electron chi connectivity index (χ1n) is 8.07. The van der Waals surface area contributed by atoms with Gasteiger partial charge in [-0.05, 0) is 51.0 Å². The number of aliphatic hydroxyl groups excluding tert-OH is 1. The lowest BCUT2D eigenvalue weighted by Crippen LogP contribution is -2.22. The van der Waals surface area contributed by atoms with E-state index in [1.54, 1.807) is 6.26 Å². The first-order valence-corrected chi connectivity index (χ1v) is 10.3. The van der Waals surface area contributed by atoms with E-state index in [2.05, 4.69) is 31.9 Å². The van der Waals surface area contributed by atoms with Gasteiger partial charge in [-0.2, -0.15) is 0 Å². The summed E-state index contributed by atoms with van der Waals surface area (Å²) in [5.41, 5.74) is 0. The van der Waals surface area contributed by atoms with Gasteiger partial charge in [0.15, 0.2) is 6.29 Å². The lowest BCUT2D eigenvalue weighted by atomic mass is 10.2. The molecule has 1 unspecified atom stereocenters. The minimum Gasteiger partial charge on any atom is -0.502 e. The molecular weight excluding hydrogens is 416 g/mol. The van der Waals surface area contributed by atoms with Crippen LogP contribution >= 0.6 is 31.9 Å². The van der Waals surface area contributed by atoms with Gasteiger partial charge in [0, 0.05) is 23.9 Å². The minimum atomic E-state index is 0.0859. The lowest BCUT2D eigenvalue weighted by Gasteiger charge is -2.22. The molecule has 22 heavy (non-hydrogen) atoms. The molecule has 2 aliphatic heterocycles. The second-order valence-corrected chi connectivity index (χ2v) is 6.45. The molecule has 0 saturated carbocycles. The molecule has 1 atom stereocenters. The van der Waals surface area contributed by atoms with Gasteiger partial charge in [0.2, 0.25) is 0 Å². The standard InChI is InChI=1S/C8H15BrO2.C5H8O.C3H7BrO/c9-5-3-7-11-8-4-1-2-6-10-8;1-2-4-6-5-3-1;4-2-1-3-5/h8H,1-7H2;2,4H,1,3,5H2;5H,1-3H2. The Morgan fingerprint density at radius 2 is 1.91 bits per heavy atom. The van der Waals surface area contributed by atoms with E-state index in [1.165, 1.54) is 25.7 Å². The van der Waals surface area contributed by atoms with Crippen molar-refractivity contribution in [1.29, 1.82) is 0 Å². The number of hydrogen-bond acceptors (Lipinski definition) is 4. The van der Waals surface area contributed by atoms with E-state index in [0.717, 1.165) is 49.7 Å². The topological polar surface area (TPSA) is 47.9 Å². The molecule has 2 rings (SSSR count). The molecule has 1 fully saturated rings. The normalized spacial score (nSPS) is 20.0. The second-order valence-electron chi connectivity index (χ2n) is 4.86. The van der Waals surface area contributed by atoms with E-state index in [9.17, 15) is 0 Å². The fourth-order valence-corrected chi connectivity index (χ4v) is 2.14. The zero-order valence-electron chi connectivity index (χ0n) is 13.4. The van der Waals surface area contributed by atoms with Crippen LogP contribution < -0.4 is 0 Å². The predicted octanol–water partition coefficient (Wildman–Crippen LogP) is 4.39. The van der Waals surface area contributed by atoms with E-state index in [4.69, 9.17) is 19.3 Å². The van der Waals surface area contributed by atoms with Gasteiger partial charge in [-0.3, -0.25) is 0 Å². The Morgan fingerprint density at radius 1 is 1.09 bits per heavy atom. The SMILES string of the molecule is BrCCCOC1CCCCO1.C1=COCCC1.OCCCBr. The summed E-state index contributed by atoms with van der Waals surface area (Å²) >= 11 is 6.50. The first kappa shape index (κ1) is 22.4. The molecule has 0 aliphatic carbocycles. The Morgan fingerprint density at radius 3 is 2.27 bits per heavy atom. The van der Waals surface area contributed by atoms with Gasteiger partial charge >= 0.3 is 0 Å². The quantitative estimate of drug-likeness (QED) is 0.486. The molecule has 0 radical (unpaired) electrons. The fraction of sp³-hybridized carbons (Fsp3) is 0.875. The van der Waals surface area contributed by atoms with Crippen LogP contribution in [0.2, 0.25) is 0 Å². The number of ether oxygens (including phenoxy) is 3. The maximum Gasteiger partial charge on any atom is 0.157 e. The highest BCUT2D eigenvalue weighted by atomic mass is 79.9. The third kappa shape index (κ3) is 16.7. The largest absolute Gasteiger partial charge is 0.502 e. The molecule has 0 aromatic carbocycles. The van der Waals surface area contributed by atoms with E-state index >= 15 is 0 Å². The Kier molecular flexibility index (Phi) is 19.8. The zero-order chi connectivity index (χ0) is 16.3. The van der Waals surface area contributed by atoms with E-state index in [1.807, 2.05) is 6.08 Å². The number of rotatable bonds is 6. The van der Waals surface area contributed by atoms with Crippen LogP contribution in [0.25, 0.3) is 0 Å². The molecule has 0 aromatic heterocycles. The van der Waals surface area contributed by atoms with Gasteiger partial charge in [-0.15, -0.1) is 0 Å². The second kappa shape index (κ2) is 19.4. The summed E-state index contributed by atoms with van der Waals surface area (Å²) in [6.07, 6.45) is 11.7. The molecule has 132 valence electrons. The van der Waals surface area contributed by atoms with Gasteiger partial charge in [0.1, 0.15) is 0 Å². The number of hydrogen-bond donors (Lipinski definition) is 1. The van der Waals surface area contributed by atoms with Crippen molar-refractivity contribution < 1.29 is 19.3 Å². The minimum absolute atomic E-state index is 0.0859. The smallest absolute Gasteiger partial charge is 0.157 e. The van der Waals surface area contributed by atoms with Crippen molar-refractivity contribution >= 4 is 31.9 Å². The summed E-state index contributed by atoms with van der Waals surface area (Å²) in [5.74, 6) is 0. The molecule has 4 nitrogen and oxygen atoms in total. The van der Waals surface area contributed by atoms with Crippen molar-refractivity contribution in [3.63, 3.8) is 0 Å². The van der Waals surface area contributed by atoms with Crippen molar-refractivity contribution in [2.24, 2.45) is 0 Å². The van der Waals surface area contributed by atoms with Crippen LogP contribution in [0, 0.1) is 0 Å². The predicted molar refractivity (Wildman–Crippen MR) is 97.8 cm³/mol. The molecule has 2 heterocycles. The number of halogens is 2. The van der Waals surface area contributed by atoms with Crippen LogP contribution in [0.15, 0.2) is 12.3 Å². The maximum atomic E-state index is 8.04. The monoisotopic (exact) mass is 444 g/mol. The van der Waals surface area contributed by atoms with Crippen molar-refractivity contribution in [1.82, 2.24) is 0 Å². The van der Waals surface area contributed by atoms with Crippen molar-refractivity contribution in [2.75, 3.05) is 37.1 Å². The Bertz CT molecular complexity index is 224. The van der Waals surface area contributed by atoms with E-state index in [-0.39, 0.29) is 6.29 Å². The average Bonchev–Trinajstić information content (AvgIpc) is 2.60. The first-order chi connectivity index (χ1) is 10.8. The Balaban J connectivity index is 0.000000338. The van der Waals surface area contributed by atoms with Crippen LogP contribution in [-0.2, 0) is 14.2 Å². The highest BCUT2D eigenvalue weighted by molar-refractivity contribution is 9.09. The molecule has 2 aliphatic rings. The van der Waals surface area contributed by atoms with Gasteiger partial charge < -0.3 is 19.3 Å². The van der Waals surface area contributed by atoms with Gasteiger partial charge in [-0.1, -0.05) is 31.9 Å². The van der Waals surface area contributed by atoms with Crippen LogP contribution in [0.5, 0.6) is 0 Å².